The maximum atomic E-state index is 12.6. The molecule has 18 heavy (non-hydrogen) atoms. The standard InChI is InChI=1S/C12H16FN3O2/c1-18-10-4-2-3-9(10)15-12(17)16-11-6-5-8(13)7-14-11/h5-7,9-10H,2-4H2,1H3,(H2,14,15,16,17)/t9-,10+/m1/s1. The fraction of sp³-hybridized carbons (Fsp3) is 0.500. The summed E-state index contributed by atoms with van der Waals surface area (Å²) in [7, 11) is 1.64. The molecular formula is C12H16FN3O2. The van der Waals surface area contributed by atoms with Gasteiger partial charge in [-0.15, -0.1) is 0 Å². The second-order valence-electron chi connectivity index (χ2n) is 4.27. The predicted octanol–water partition coefficient (Wildman–Crippen LogP) is 1.91. The Morgan fingerprint density at radius 3 is 3.00 bits per heavy atom. The van der Waals surface area contributed by atoms with Crippen molar-refractivity contribution in [3.8, 4) is 0 Å². The van der Waals surface area contributed by atoms with Crippen molar-refractivity contribution in [2.24, 2.45) is 0 Å². The molecule has 0 radical (unpaired) electrons. The number of nitrogens with one attached hydrogen (secondary N) is 2. The molecule has 2 rings (SSSR count). The van der Waals surface area contributed by atoms with Gasteiger partial charge >= 0.3 is 6.03 Å². The summed E-state index contributed by atoms with van der Waals surface area (Å²) in [6.45, 7) is 0. The van der Waals surface area contributed by atoms with Crippen molar-refractivity contribution in [3.63, 3.8) is 0 Å². The fourth-order valence-electron chi connectivity index (χ4n) is 2.14. The number of ether oxygens (including phenoxy) is 1. The third-order valence-corrected chi connectivity index (χ3v) is 3.04. The average molecular weight is 253 g/mol. The highest BCUT2D eigenvalue weighted by molar-refractivity contribution is 5.88. The molecule has 0 saturated heterocycles. The lowest BCUT2D eigenvalue weighted by atomic mass is 10.2. The molecule has 1 saturated carbocycles. The number of rotatable bonds is 3. The van der Waals surface area contributed by atoms with E-state index in [2.05, 4.69) is 15.6 Å². The van der Waals surface area contributed by atoms with Gasteiger partial charge in [0.15, 0.2) is 0 Å². The van der Waals surface area contributed by atoms with Crippen molar-refractivity contribution in [1.82, 2.24) is 10.3 Å². The number of pyridine rings is 1. The zero-order chi connectivity index (χ0) is 13.0. The van der Waals surface area contributed by atoms with Crippen molar-refractivity contribution < 1.29 is 13.9 Å². The van der Waals surface area contributed by atoms with Gasteiger partial charge < -0.3 is 10.1 Å². The summed E-state index contributed by atoms with van der Waals surface area (Å²) in [4.78, 5) is 15.5. The molecule has 0 aliphatic heterocycles. The van der Waals surface area contributed by atoms with Gasteiger partial charge in [-0.3, -0.25) is 5.32 Å². The summed E-state index contributed by atoms with van der Waals surface area (Å²) in [5.41, 5.74) is 0. The number of amides is 2. The Labute approximate surface area is 105 Å². The number of methoxy groups -OCH3 is 1. The molecule has 1 aromatic rings. The monoisotopic (exact) mass is 253 g/mol. The maximum absolute atomic E-state index is 12.6. The number of carbonyl (C=O) groups excluding carboxylic acids is 1. The second kappa shape index (κ2) is 5.77. The van der Waals surface area contributed by atoms with Crippen LogP contribution in [0.4, 0.5) is 15.0 Å². The molecule has 1 aromatic heterocycles. The van der Waals surface area contributed by atoms with E-state index in [-0.39, 0.29) is 18.2 Å². The highest BCUT2D eigenvalue weighted by atomic mass is 19.1. The molecule has 6 heteroatoms. The molecule has 0 aromatic carbocycles. The molecular weight excluding hydrogens is 237 g/mol. The molecule has 1 fully saturated rings. The van der Waals surface area contributed by atoms with Crippen molar-refractivity contribution in [2.45, 2.75) is 31.4 Å². The van der Waals surface area contributed by atoms with Crippen molar-refractivity contribution in [3.05, 3.63) is 24.1 Å². The maximum Gasteiger partial charge on any atom is 0.320 e. The number of halogens is 1. The van der Waals surface area contributed by atoms with E-state index >= 15 is 0 Å². The number of urea groups is 1. The highest BCUT2D eigenvalue weighted by Crippen LogP contribution is 2.21. The smallest absolute Gasteiger partial charge is 0.320 e. The molecule has 2 N–H and O–H groups in total. The molecule has 0 spiro atoms. The molecule has 0 unspecified atom stereocenters. The van der Waals surface area contributed by atoms with E-state index in [9.17, 15) is 9.18 Å². The van der Waals surface area contributed by atoms with Gasteiger partial charge in [-0.2, -0.15) is 0 Å². The number of hydrogen-bond donors (Lipinski definition) is 2. The third kappa shape index (κ3) is 3.16. The van der Waals surface area contributed by atoms with Crippen LogP contribution in [0, 0.1) is 5.82 Å². The summed E-state index contributed by atoms with van der Waals surface area (Å²) in [5, 5.41) is 5.39. The lowest BCUT2D eigenvalue weighted by Gasteiger charge is -2.19. The van der Waals surface area contributed by atoms with Crippen LogP contribution in [0.5, 0.6) is 0 Å². The third-order valence-electron chi connectivity index (χ3n) is 3.04. The first-order valence-corrected chi connectivity index (χ1v) is 5.91. The zero-order valence-electron chi connectivity index (χ0n) is 10.1. The quantitative estimate of drug-likeness (QED) is 0.865. The molecule has 5 nitrogen and oxygen atoms in total. The van der Waals surface area contributed by atoms with Gasteiger partial charge in [0.05, 0.1) is 18.3 Å². The van der Waals surface area contributed by atoms with Crippen molar-refractivity contribution in [2.75, 3.05) is 12.4 Å². The Hall–Kier alpha value is -1.69. The summed E-state index contributed by atoms with van der Waals surface area (Å²) in [5.74, 6) is -0.114. The first kappa shape index (κ1) is 12.8. The molecule has 1 heterocycles. The number of anilines is 1. The van der Waals surface area contributed by atoms with Gasteiger partial charge in [0, 0.05) is 7.11 Å². The van der Waals surface area contributed by atoms with E-state index in [1.54, 1.807) is 7.11 Å². The van der Waals surface area contributed by atoms with E-state index in [0.29, 0.717) is 5.82 Å². The minimum Gasteiger partial charge on any atom is -0.379 e. The summed E-state index contributed by atoms with van der Waals surface area (Å²) < 4.78 is 17.9. The van der Waals surface area contributed by atoms with Gasteiger partial charge in [0.25, 0.3) is 0 Å². The van der Waals surface area contributed by atoms with Crippen LogP contribution in [-0.2, 0) is 4.74 Å². The number of hydrogen-bond acceptors (Lipinski definition) is 3. The van der Waals surface area contributed by atoms with Crippen LogP contribution in [0.2, 0.25) is 0 Å². The summed E-state index contributed by atoms with van der Waals surface area (Å²) in [6.07, 6.45) is 4.03. The molecule has 0 bridgehead atoms. The van der Waals surface area contributed by atoms with E-state index in [4.69, 9.17) is 4.74 Å². The normalized spacial score (nSPS) is 22.8. The number of aromatic nitrogens is 1. The van der Waals surface area contributed by atoms with Gasteiger partial charge in [-0.25, -0.2) is 14.2 Å². The van der Waals surface area contributed by atoms with E-state index in [1.165, 1.54) is 12.1 Å². The largest absolute Gasteiger partial charge is 0.379 e. The lowest BCUT2D eigenvalue weighted by molar-refractivity contribution is 0.0882. The van der Waals surface area contributed by atoms with Crippen LogP contribution in [0.1, 0.15) is 19.3 Å². The topological polar surface area (TPSA) is 63.2 Å². The fourth-order valence-corrected chi connectivity index (χ4v) is 2.14. The Bertz CT molecular complexity index is 410. The van der Waals surface area contributed by atoms with E-state index < -0.39 is 5.82 Å². The first-order chi connectivity index (χ1) is 8.69. The molecule has 1 aliphatic carbocycles. The minimum atomic E-state index is -0.434. The zero-order valence-corrected chi connectivity index (χ0v) is 10.1. The Balaban J connectivity index is 1.86. The molecule has 1 aliphatic rings. The molecule has 2 atom stereocenters. The average Bonchev–Trinajstić information content (AvgIpc) is 2.79. The Morgan fingerprint density at radius 2 is 2.33 bits per heavy atom. The summed E-state index contributed by atoms with van der Waals surface area (Å²) in [6, 6.07) is 2.34. The number of nitrogens with zero attached hydrogens (tertiary/aromatic N) is 1. The van der Waals surface area contributed by atoms with Gasteiger partial charge in [-0.05, 0) is 31.4 Å². The Morgan fingerprint density at radius 1 is 1.50 bits per heavy atom. The van der Waals surface area contributed by atoms with Gasteiger partial charge in [-0.1, -0.05) is 0 Å². The van der Waals surface area contributed by atoms with E-state index in [1.807, 2.05) is 0 Å². The van der Waals surface area contributed by atoms with E-state index in [0.717, 1.165) is 25.5 Å². The van der Waals surface area contributed by atoms with Gasteiger partial charge in [0.1, 0.15) is 11.6 Å². The van der Waals surface area contributed by atoms with Crippen LogP contribution in [-0.4, -0.2) is 30.3 Å². The SMILES string of the molecule is CO[C@H]1CCC[C@H]1NC(=O)Nc1ccc(F)cn1. The van der Waals surface area contributed by atoms with Crippen LogP contribution >= 0.6 is 0 Å². The predicted molar refractivity (Wildman–Crippen MR) is 64.8 cm³/mol. The minimum absolute atomic E-state index is 0.0236. The van der Waals surface area contributed by atoms with Crippen LogP contribution in [0.15, 0.2) is 18.3 Å². The highest BCUT2D eigenvalue weighted by Gasteiger charge is 2.28. The van der Waals surface area contributed by atoms with Crippen LogP contribution < -0.4 is 10.6 Å². The molecule has 2 amide bonds. The number of carbonyl (C=O) groups is 1. The first-order valence-electron chi connectivity index (χ1n) is 5.91. The van der Waals surface area contributed by atoms with Crippen molar-refractivity contribution >= 4 is 11.8 Å². The Kier molecular flexibility index (Phi) is 4.09. The van der Waals surface area contributed by atoms with Gasteiger partial charge in [0.2, 0.25) is 0 Å². The lowest BCUT2D eigenvalue weighted by Crippen LogP contribution is -2.43. The second-order valence-corrected chi connectivity index (χ2v) is 4.27. The summed E-state index contributed by atoms with van der Waals surface area (Å²) >= 11 is 0. The van der Waals surface area contributed by atoms with Crippen molar-refractivity contribution in [1.29, 1.82) is 0 Å². The van der Waals surface area contributed by atoms with Crippen LogP contribution in [0.25, 0.3) is 0 Å². The van der Waals surface area contributed by atoms with Crippen LogP contribution in [0.3, 0.4) is 0 Å². The molecule has 98 valence electrons.